The largest absolute Gasteiger partial charge is 0.481 e. The number of amides is 1. The van der Waals surface area contributed by atoms with Crippen LogP contribution >= 0.6 is 0 Å². The van der Waals surface area contributed by atoms with E-state index >= 15 is 0 Å². The second-order valence-electron chi connectivity index (χ2n) is 7.22. The van der Waals surface area contributed by atoms with Gasteiger partial charge >= 0.3 is 5.97 Å². The van der Waals surface area contributed by atoms with Crippen molar-refractivity contribution in [3.8, 4) is 0 Å². The van der Waals surface area contributed by atoms with E-state index < -0.39 is 11.9 Å². The van der Waals surface area contributed by atoms with Crippen LogP contribution in [0.15, 0.2) is 0 Å². The minimum Gasteiger partial charge on any atom is -0.481 e. The monoisotopic (exact) mass is 281 g/mol. The molecule has 2 rings (SSSR count). The Balaban J connectivity index is 1.89. The first-order valence-corrected chi connectivity index (χ1v) is 7.92. The SMILES string of the molecule is CC1C[C@H](C(=O)NCC2(C)CCCCC2)[C@H](C(=O)O)C1. The summed E-state index contributed by atoms with van der Waals surface area (Å²) in [5.74, 6) is -1.37. The van der Waals surface area contributed by atoms with Crippen molar-refractivity contribution in [2.45, 2.75) is 58.8 Å². The number of carboxylic acids is 1. The topological polar surface area (TPSA) is 66.4 Å². The van der Waals surface area contributed by atoms with Crippen LogP contribution < -0.4 is 5.32 Å². The van der Waals surface area contributed by atoms with Crippen LogP contribution in [-0.4, -0.2) is 23.5 Å². The molecule has 0 aromatic carbocycles. The third kappa shape index (κ3) is 3.53. The van der Waals surface area contributed by atoms with E-state index in [4.69, 9.17) is 0 Å². The fourth-order valence-corrected chi connectivity index (χ4v) is 3.87. The predicted octanol–water partition coefficient (Wildman–Crippen LogP) is 2.82. The van der Waals surface area contributed by atoms with Crippen molar-refractivity contribution >= 4 is 11.9 Å². The fourth-order valence-electron chi connectivity index (χ4n) is 3.87. The normalized spacial score (nSPS) is 32.8. The van der Waals surface area contributed by atoms with Gasteiger partial charge in [0.1, 0.15) is 0 Å². The molecule has 1 amide bonds. The Bertz CT molecular complexity index is 374. The molecule has 0 aromatic heterocycles. The Morgan fingerprint density at radius 2 is 1.75 bits per heavy atom. The molecule has 2 fully saturated rings. The first kappa shape index (κ1) is 15.3. The van der Waals surface area contributed by atoms with E-state index in [9.17, 15) is 14.7 Å². The van der Waals surface area contributed by atoms with Gasteiger partial charge < -0.3 is 10.4 Å². The van der Waals surface area contributed by atoms with E-state index in [1.165, 1.54) is 19.3 Å². The molecule has 0 spiro atoms. The summed E-state index contributed by atoms with van der Waals surface area (Å²) in [6.45, 7) is 4.97. The van der Waals surface area contributed by atoms with Gasteiger partial charge in [-0.25, -0.2) is 0 Å². The molecule has 0 bridgehead atoms. The lowest BCUT2D eigenvalue weighted by Crippen LogP contribution is -2.41. The van der Waals surface area contributed by atoms with Crippen LogP contribution in [0.4, 0.5) is 0 Å². The molecule has 0 aliphatic heterocycles. The number of nitrogens with one attached hydrogen (secondary N) is 1. The van der Waals surface area contributed by atoms with E-state index in [0.29, 0.717) is 25.3 Å². The Hall–Kier alpha value is -1.06. The number of carboxylic acid groups (broad SMARTS) is 1. The lowest BCUT2D eigenvalue weighted by atomic mass is 9.75. The van der Waals surface area contributed by atoms with Crippen molar-refractivity contribution in [1.82, 2.24) is 5.32 Å². The maximum absolute atomic E-state index is 12.3. The summed E-state index contributed by atoms with van der Waals surface area (Å²) < 4.78 is 0. The van der Waals surface area contributed by atoms with Crippen LogP contribution in [-0.2, 0) is 9.59 Å². The molecule has 2 saturated carbocycles. The van der Waals surface area contributed by atoms with Gasteiger partial charge in [-0.15, -0.1) is 0 Å². The molecule has 1 unspecified atom stereocenters. The second kappa shape index (κ2) is 6.15. The first-order valence-electron chi connectivity index (χ1n) is 7.92. The van der Waals surface area contributed by atoms with Gasteiger partial charge in [0.25, 0.3) is 0 Å². The van der Waals surface area contributed by atoms with Crippen LogP contribution in [0.25, 0.3) is 0 Å². The van der Waals surface area contributed by atoms with Crippen LogP contribution in [0.5, 0.6) is 0 Å². The van der Waals surface area contributed by atoms with Gasteiger partial charge in [0.05, 0.1) is 11.8 Å². The average molecular weight is 281 g/mol. The number of rotatable bonds is 4. The molecule has 3 atom stereocenters. The van der Waals surface area contributed by atoms with Gasteiger partial charge in [-0.05, 0) is 37.0 Å². The minimum absolute atomic E-state index is 0.0476. The standard InChI is InChI=1S/C16H27NO3/c1-11-8-12(13(9-11)15(19)20)14(18)17-10-16(2)6-4-3-5-7-16/h11-13H,3-10H2,1-2H3,(H,17,18)(H,19,20)/t11?,12-,13+/m0/s1. The van der Waals surface area contributed by atoms with Crippen molar-refractivity contribution in [3.05, 3.63) is 0 Å². The Labute approximate surface area is 121 Å². The van der Waals surface area contributed by atoms with Crippen LogP contribution in [0.3, 0.4) is 0 Å². The Morgan fingerprint density at radius 3 is 2.35 bits per heavy atom. The summed E-state index contributed by atoms with van der Waals surface area (Å²) in [6, 6.07) is 0. The van der Waals surface area contributed by atoms with E-state index in [0.717, 1.165) is 12.8 Å². The number of hydrogen-bond donors (Lipinski definition) is 2. The second-order valence-corrected chi connectivity index (χ2v) is 7.22. The molecule has 0 heterocycles. The number of hydrogen-bond acceptors (Lipinski definition) is 2. The molecular formula is C16H27NO3. The average Bonchev–Trinajstić information content (AvgIpc) is 2.79. The maximum atomic E-state index is 12.3. The summed E-state index contributed by atoms with van der Waals surface area (Å²) in [5.41, 5.74) is 0.205. The first-order chi connectivity index (χ1) is 9.41. The minimum atomic E-state index is -0.821. The summed E-state index contributed by atoms with van der Waals surface area (Å²) in [6.07, 6.45) is 7.44. The van der Waals surface area contributed by atoms with Crippen molar-refractivity contribution in [2.75, 3.05) is 6.54 Å². The molecule has 2 aliphatic carbocycles. The van der Waals surface area contributed by atoms with Gasteiger partial charge in [-0.2, -0.15) is 0 Å². The van der Waals surface area contributed by atoms with Crippen molar-refractivity contribution in [1.29, 1.82) is 0 Å². The van der Waals surface area contributed by atoms with E-state index in [2.05, 4.69) is 12.2 Å². The highest BCUT2D eigenvalue weighted by atomic mass is 16.4. The highest BCUT2D eigenvalue weighted by molar-refractivity contribution is 5.85. The summed E-state index contributed by atoms with van der Waals surface area (Å²) in [7, 11) is 0. The van der Waals surface area contributed by atoms with Crippen LogP contribution in [0.1, 0.15) is 58.8 Å². The van der Waals surface area contributed by atoms with Gasteiger partial charge in [0.2, 0.25) is 5.91 Å². The zero-order chi connectivity index (χ0) is 14.8. The predicted molar refractivity (Wildman–Crippen MR) is 77.2 cm³/mol. The van der Waals surface area contributed by atoms with Crippen LogP contribution in [0, 0.1) is 23.2 Å². The molecule has 2 aliphatic rings. The number of aliphatic carboxylic acids is 1. The van der Waals surface area contributed by atoms with Crippen molar-refractivity contribution < 1.29 is 14.7 Å². The summed E-state index contributed by atoms with van der Waals surface area (Å²) in [4.78, 5) is 23.6. The lowest BCUT2D eigenvalue weighted by molar-refractivity contribution is -0.146. The Kier molecular flexibility index (Phi) is 4.71. The van der Waals surface area contributed by atoms with E-state index in [-0.39, 0.29) is 17.2 Å². The molecule has 20 heavy (non-hydrogen) atoms. The van der Waals surface area contributed by atoms with E-state index in [1.54, 1.807) is 0 Å². The molecular weight excluding hydrogens is 254 g/mol. The summed E-state index contributed by atoms with van der Waals surface area (Å²) in [5, 5.41) is 12.3. The molecule has 0 saturated heterocycles. The third-order valence-corrected chi connectivity index (χ3v) is 5.20. The highest BCUT2D eigenvalue weighted by Crippen LogP contribution is 2.38. The molecule has 0 radical (unpaired) electrons. The zero-order valence-corrected chi connectivity index (χ0v) is 12.7. The Morgan fingerprint density at radius 1 is 1.15 bits per heavy atom. The quantitative estimate of drug-likeness (QED) is 0.832. The molecule has 2 N–H and O–H groups in total. The van der Waals surface area contributed by atoms with Crippen molar-refractivity contribution in [3.63, 3.8) is 0 Å². The number of carbonyl (C=O) groups excluding carboxylic acids is 1. The van der Waals surface area contributed by atoms with Gasteiger partial charge in [-0.3, -0.25) is 9.59 Å². The van der Waals surface area contributed by atoms with E-state index in [1.807, 2.05) is 6.92 Å². The van der Waals surface area contributed by atoms with Gasteiger partial charge in [0, 0.05) is 6.54 Å². The number of carbonyl (C=O) groups is 2. The fraction of sp³-hybridized carbons (Fsp3) is 0.875. The highest BCUT2D eigenvalue weighted by Gasteiger charge is 2.41. The zero-order valence-electron chi connectivity index (χ0n) is 12.7. The summed E-state index contributed by atoms with van der Waals surface area (Å²) >= 11 is 0. The molecule has 114 valence electrons. The maximum Gasteiger partial charge on any atom is 0.307 e. The smallest absolute Gasteiger partial charge is 0.307 e. The molecule has 4 nitrogen and oxygen atoms in total. The van der Waals surface area contributed by atoms with Crippen molar-refractivity contribution in [2.24, 2.45) is 23.2 Å². The van der Waals surface area contributed by atoms with Gasteiger partial charge in [0.15, 0.2) is 0 Å². The van der Waals surface area contributed by atoms with Gasteiger partial charge in [-0.1, -0.05) is 33.1 Å². The molecule has 4 heteroatoms. The third-order valence-electron chi connectivity index (χ3n) is 5.20. The van der Waals surface area contributed by atoms with Crippen LogP contribution in [0.2, 0.25) is 0 Å². The lowest BCUT2D eigenvalue weighted by Gasteiger charge is -2.34. The molecule has 0 aromatic rings.